The first kappa shape index (κ1) is 13.5. The summed E-state index contributed by atoms with van der Waals surface area (Å²) in [5.41, 5.74) is 2.18. The monoisotopic (exact) mass is 331 g/mol. The quantitative estimate of drug-likeness (QED) is 0.807. The zero-order valence-corrected chi connectivity index (χ0v) is 12.5. The van der Waals surface area contributed by atoms with Gasteiger partial charge in [0.15, 0.2) is 5.82 Å². The lowest BCUT2D eigenvalue weighted by Crippen LogP contribution is -2.00. The van der Waals surface area contributed by atoms with Gasteiger partial charge in [-0.25, -0.2) is 9.97 Å². The predicted octanol–water partition coefficient (Wildman–Crippen LogP) is 3.31. The summed E-state index contributed by atoms with van der Waals surface area (Å²) in [6.45, 7) is 3.99. The van der Waals surface area contributed by atoms with E-state index in [0.29, 0.717) is 33.5 Å². The zero-order valence-electron chi connectivity index (χ0n) is 10.1. The summed E-state index contributed by atoms with van der Waals surface area (Å²) < 4.78 is 10.8. The molecule has 0 aliphatic heterocycles. The van der Waals surface area contributed by atoms with Crippen molar-refractivity contribution in [3.63, 3.8) is 0 Å². The van der Waals surface area contributed by atoms with Gasteiger partial charge < -0.3 is 9.26 Å². The van der Waals surface area contributed by atoms with Crippen LogP contribution in [-0.2, 0) is 11.3 Å². The molecule has 0 radical (unpaired) electrons. The molecular formula is C11H11BrClN3O2. The molecular weight excluding hydrogens is 321 g/mol. The summed E-state index contributed by atoms with van der Waals surface area (Å²) in [7, 11) is 1.60. The second kappa shape index (κ2) is 5.34. The van der Waals surface area contributed by atoms with E-state index >= 15 is 0 Å². The third kappa shape index (κ3) is 2.41. The van der Waals surface area contributed by atoms with Crippen LogP contribution >= 0.6 is 27.5 Å². The lowest BCUT2D eigenvalue weighted by molar-refractivity contribution is 0.181. The normalized spacial score (nSPS) is 10.9. The number of hydrogen-bond donors (Lipinski definition) is 0. The first-order valence-electron chi connectivity index (χ1n) is 5.18. The molecule has 18 heavy (non-hydrogen) atoms. The van der Waals surface area contributed by atoms with Gasteiger partial charge >= 0.3 is 0 Å². The number of hydrogen-bond acceptors (Lipinski definition) is 5. The number of ether oxygens (including phenoxy) is 1. The standard InChI is InChI=1S/C11H11BrClN3O2/c1-5-8(6(2)18-16-5)11-14-7(4-17-3)9(12)10(13)15-11/h4H2,1-3H3. The van der Waals surface area contributed by atoms with Gasteiger partial charge in [-0.1, -0.05) is 16.8 Å². The lowest BCUT2D eigenvalue weighted by atomic mass is 10.2. The van der Waals surface area contributed by atoms with Crippen molar-refractivity contribution in [3.8, 4) is 11.4 Å². The van der Waals surface area contributed by atoms with Gasteiger partial charge in [0, 0.05) is 7.11 Å². The van der Waals surface area contributed by atoms with Crippen LogP contribution in [0, 0.1) is 13.8 Å². The van der Waals surface area contributed by atoms with E-state index in [1.807, 2.05) is 13.8 Å². The second-order valence-electron chi connectivity index (χ2n) is 3.73. The minimum absolute atomic E-state index is 0.340. The van der Waals surface area contributed by atoms with Crippen LogP contribution in [0.3, 0.4) is 0 Å². The van der Waals surface area contributed by atoms with E-state index in [4.69, 9.17) is 20.9 Å². The third-order valence-electron chi connectivity index (χ3n) is 2.42. The van der Waals surface area contributed by atoms with Gasteiger partial charge in [0.2, 0.25) is 0 Å². The first-order chi connectivity index (χ1) is 8.54. The van der Waals surface area contributed by atoms with Crippen molar-refractivity contribution in [2.45, 2.75) is 20.5 Å². The molecule has 0 amide bonds. The molecule has 0 N–H and O–H groups in total. The molecule has 96 valence electrons. The van der Waals surface area contributed by atoms with E-state index in [1.165, 1.54) is 0 Å². The predicted molar refractivity (Wildman–Crippen MR) is 70.4 cm³/mol. The Morgan fingerprint density at radius 2 is 2.06 bits per heavy atom. The van der Waals surface area contributed by atoms with Gasteiger partial charge in [0.25, 0.3) is 0 Å². The Hall–Kier alpha value is -0.980. The smallest absolute Gasteiger partial charge is 0.166 e. The highest BCUT2D eigenvalue weighted by Gasteiger charge is 2.18. The van der Waals surface area contributed by atoms with Crippen molar-refractivity contribution < 1.29 is 9.26 Å². The Bertz CT molecular complexity index is 566. The van der Waals surface area contributed by atoms with Crippen molar-refractivity contribution in [2.75, 3.05) is 7.11 Å². The topological polar surface area (TPSA) is 61.0 Å². The molecule has 2 rings (SSSR count). The fourth-order valence-electron chi connectivity index (χ4n) is 1.61. The van der Waals surface area contributed by atoms with Crippen molar-refractivity contribution in [1.29, 1.82) is 0 Å². The number of rotatable bonds is 3. The molecule has 5 nitrogen and oxygen atoms in total. The Morgan fingerprint density at radius 3 is 2.61 bits per heavy atom. The summed E-state index contributed by atoms with van der Waals surface area (Å²) in [6, 6.07) is 0. The summed E-state index contributed by atoms with van der Waals surface area (Å²) in [6.07, 6.45) is 0. The lowest BCUT2D eigenvalue weighted by Gasteiger charge is -2.07. The van der Waals surface area contributed by atoms with Gasteiger partial charge in [-0.15, -0.1) is 0 Å². The Morgan fingerprint density at radius 1 is 1.33 bits per heavy atom. The number of aryl methyl sites for hydroxylation is 2. The molecule has 0 unspecified atom stereocenters. The minimum Gasteiger partial charge on any atom is -0.378 e. The SMILES string of the molecule is COCc1nc(-c2c(C)noc2C)nc(Cl)c1Br. The van der Waals surface area contributed by atoms with Gasteiger partial charge in [0.05, 0.1) is 28.0 Å². The number of halogens is 2. The van der Waals surface area contributed by atoms with Crippen molar-refractivity contribution >= 4 is 27.5 Å². The van der Waals surface area contributed by atoms with E-state index in [9.17, 15) is 0 Å². The Labute approximate surface area is 118 Å². The number of methoxy groups -OCH3 is 1. The minimum atomic E-state index is 0.340. The Kier molecular flexibility index (Phi) is 3.99. The van der Waals surface area contributed by atoms with Crippen molar-refractivity contribution in [1.82, 2.24) is 15.1 Å². The summed E-state index contributed by atoms with van der Waals surface area (Å²) in [4.78, 5) is 8.65. The Balaban J connectivity index is 2.59. The van der Waals surface area contributed by atoms with Gasteiger partial charge in [0.1, 0.15) is 10.9 Å². The van der Waals surface area contributed by atoms with E-state index in [-0.39, 0.29) is 0 Å². The van der Waals surface area contributed by atoms with Crippen LogP contribution in [0.15, 0.2) is 9.00 Å². The molecule has 2 aromatic heterocycles. The largest absolute Gasteiger partial charge is 0.378 e. The molecule has 0 aliphatic carbocycles. The zero-order chi connectivity index (χ0) is 13.3. The highest BCUT2D eigenvalue weighted by molar-refractivity contribution is 9.10. The van der Waals surface area contributed by atoms with E-state index in [2.05, 4.69) is 31.1 Å². The fourth-order valence-corrected chi connectivity index (χ4v) is 2.09. The molecule has 0 bridgehead atoms. The first-order valence-corrected chi connectivity index (χ1v) is 6.35. The molecule has 0 aliphatic rings. The molecule has 0 aromatic carbocycles. The third-order valence-corrected chi connectivity index (χ3v) is 3.75. The van der Waals surface area contributed by atoms with Crippen LogP contribution in [0.1, 0.15) is 17.1 Å². The van der Waals surface area contributed by atoms with E-state index in [1.54, 1.807) is 7.11 Å². The molecule has 0 fully saturated rings. The summed E-state index contributed by atoms with van der Waals surface area (Å²) in [5, 5.41) is 4.22. The molecule has 0 saturated carbocycles. The molecule has 0 atom stereocenters. The second-order valence-corrected chi connectivity index (χ2v) is 4.88. The maximum atomic E-state index is 6.07. The van der Waals surface area contributed by atoms with E-state index in [0.717, 1.165) is 11.3 Å². The average Bonchev–Trinajstić information content (AvgIpc) is 2.65. The maximum Gasteiger partial charge on any atom is 0.166 e. The van der Waals surface area contributed by atoms with Gasteiger partial charge in [-0.3, -0.25) is 0 Å². The van der Waals surface area contributed by atoms with Crippen molar-refractivity contribution in [3.05, 3.63) is 26.8 Å². The summed E-state index contributed by atoms with van der Waals surface area (Å²) >= 11 is 9.41. The highest BCUT2D eigenvalue weighted by Crippen LogP contribution is 2.30. The molecule has 2 heterocycles. The average molecular weight is 333 g/mol. The van der Waals surface area contributed by atoms with Crippen molar-refractivity contribution in [2.24, 2.45) is 0 Å². The van der Waals surface area contributed by atoms with Gasteiger partial charge in [-0.05, 0) is 29.8 Å². The molecule has 0 saturated heterocycles. The van der Waals surface area contributed by atoms with Crippen LogP contribution in [0.5, 0.6) is 0 Å². The number of aromatic nitrogens is 3. The van der Waals surface area contributed by atoms with Gasteiger partial charge in [-0.2, -0.15) is 0 Å². The van der Waals surface area contributed by atoms with Crippen LogP contribution in [0.4, 0.5) is 0 Å². The van der Waals surface area contributed by atoms with E-state index < -0.39 is 0 Å². The molecule has 7 heteroatoms. The fraction of sp³-hybridized carbons (Fsp3) is 0.364. The van der Waals surface area contributed by atoms with Crippen LogP contribution in [-0.4, -0.2) is 22.2 Å². The number of nitrogens with zero attached hydrogens (tertiary/aromatic N) is 3. The van der Waals surface area contributed by atoms with Crippen LogP contribution < -0.4 is 0 Å². The van der Waals surface area contributed by atoms with Crippen LogP contribution in [0.2, 0.25) is 5.15 Å². The van der Waals surface area contributed by atoms with Crippen LogP contribution in [0.25, 0.3) is 11.4 Å². The molecule has 2 aromatic rings. The summed E-state index contributed by atoms with van der Waals surface area (Å²) in [5.74, 6) is 1.15. The molecule has 0 spiro atoms. The maximum absolute atomic E-state index is 6.07. The highest BCUT2D eigenvalue weighted by atomic mass is 79.9.